The van der Waals surface area contributed by atoms with Crippen molar-refractivity contribution >= 4 is 28.2 Å². The lowest BCUT2D eigenvalue weighted by molar-refractivity contribution is -0.119. The smallest absolute Gasteiger partial charge is 0.240 e. The number of amides is 1. The molecule has 1 amide bonds. The summed E-state index contributed by atoms with van der Waals surface area (Å²) in [5.41, 5.74) is 10.2. The molecule has 5 rings (SSSR count). The fourth-order valence-electron chi connectivity index (χ4n) is 3.69. The Hall–Kier alpha value is -3.29. The number of rotatable bonds is 5. The predicted octanol–water partition coefficient (Wildman–Crippen LogP) is 2.10. The highest BCUT2D eigenvalue weighted by Crippen LogP contribution is 2.43. The van der Waals surface area contributed by atoms with Crippen molar-refractivity contribution in [3.63, 3.8) is 0 Å². The second kappa shape index (κ2) is 6.15. The van der Waals surface area contributed by atoms with Gasteiger partial charge in [0.05, 0.1) is 34.7 Å². The van der Waals surface area contributed by atoms with Gasteiger partial charge >= 0.3 is 0 Å². The van der Waals surface area contributed by atoms with E-state index in [2.05, 4.69) is 25.8 Å². The van der Waals surface area contributed by atoms with Crippen LogP contribution in [-0.2, 0) is 4.79 Å². The minimum Gasteiger partial charge on any atom is -0.491 e. The van der Waals surface area contributed by atoms with E-state index in [9.17, 15) is 4.79 Å². The van der Waals surface area contributed by atoms with E-state index in [1.165, 1.54) is 0 Å². The van der Waals surface area contributed by atoms with E-state index in [1.807, 2.05) is 18.2 Å². The van der Waals surface area contributed by atoms with Crippen LogP contribution >= 0.6 is 0 Å². The van der Waals surface area contributed by atoms with E-state index in [4.69, 9.17) is 10.5 Å². The minimum absolute atomic E-state index is 0.317. The van der Waals surface area contributed by atoms with Crippen LogP contribution in [-0.4, -0.2) is 40.3 Å². The van der Waals surface area contributed by atoms with E-state index < -0.39 is 0 Å². The molecule has 1 aliphatic carbocycles. The fourth-order valence-corrected chi connectivity index (χ4v) is 3.69. The molecule has 138 valence electrons. The molecular formula is C19H20N6O2. The zero-order valence-electron chi connectivity index (χ0n) is 14.7. The number of carbonyl (C=O) groups excluding carboxylic acids is 1. The number of nitrogens with zero attached hydrogens (tertiary/aromatic N) is 2. The fraction of sp³-hybridized carbons (Fsp3) is 0.316. The van der Waals surface area contributed by atoms with Crippen LogP contribution in [0.4, 0.5) is 11.4 Å². The SMILES string of the molecule is NC(=O)[C@@H](Nc1cc2c3c(c(-c4ccnnc4)[nH]c3c1)NCCO2)C1CC1. The first-order valence-electron chi connectivity index (χ1n) is 9.10. The molecule has 1 atom stereocenters. The number of nitrogens with one attached hydrogen (secondary N) is 3. The number of anilines is 2. The molecule has 0 spiro atoms. The summed E-state index contributed by atoms with van der Waals surface area (Å²) in [6.07, 6.45) is 5.45. The summed E-state index contributed by atoms with van der Waals surface area (Å²) < 4.78 is 5.96. The van der Waals surface area contributed by atoms with E-state index in [0.717, 1.165) is 52.1 Å². The Balaban J connectivity index is 1.62. The Bertz CT molecular complexity index is 1010. The lowest BCUT2D eigenvalue weighted by atomic mass is 10.1. The van der Waals surface area contributed by atoms with Crippen LogP contribution < -0.4 is 21.1 Å². The van der Waals surface area contributed by atoms with Crippen LogP contribution in [0.25, 0.3) is 22.2 Å². The summed E-state index contributed by atoms with van der Waals surface area (Å²) >= 11 is 0. The predicted molar refractivity (Wildman–Crippen MR) is 103 cm³/mol. The van der Waals surface area contributed by atoms with Gasteiger partial charge in [0.1, 0.15) is 18.4 Å². The van der Waals surface area contributed by atoms with Gasteiger partial charge < -0.3 is 26.1 Å². The lowest BCUT2D eigenvalue weighted by Crippen LogP contribution is -2.37. The number of ether oxygens (including phenoxy) is 1. The molecule has 3 aromatic rings. The molecule has 1 saturated carbocycles. The maximum atomic E-state index is 11.8. The van der Waals surface area contributed by atoms with Crippen molar-refractivity contribution in [3.8, 4) is 17.0 Å². The molecule has 0 saturated heterocycles. The molecule has 0 radical (unpaired) electrons. The highest BCUT2D eigenvalue weighted by molar-refractivity contribution is 6.06. The largest absolute Gasteiger partial charge is 0.491 e. The minimum atomic E-state index is -0.350. The highest BCUT2D eigenvalue weighted by atomic mass is 16.5. The quantitative estimate of drug-likeness (QED) is 0.551. The highest BCUT2D eigenvalue weighted by Gasteiger charge is 2.35. The molecule has 0 unspecified atom stereocenters. The van der Waals surface area contributed by atoms with Crippen LogP contribution in [0.3, 0.4) is 0 Å². The molecule has 0 bridgehead atoms. The zero-order chi connectivity index (χ0) is 18.4. The molecule has 8 nitrogen and oxygen atoms in total. The summed E-state index contributed by atoms with van der Waals surface area (Å²) in [6.45, 7) is 1.25. The van der Waals surface area contributed by atoms with Crippen molar-refractivity contribution < 1.29 is 9.53 Å². The van der Waals surface area contributed by atoms with Gasteiger partial charge in [-0.2, -0.15) is 10.2 Å². The van der Waals surface area contributed by atoms with Gasteiger partial charge in [0.25, 0.3) is 0 Å². The normalized spacial score (nSPS) is 16.9. The first kappa shape index (κ1) is 15.9. The average molecular weight is 364 g/mol. The number of nitrogens with two attached hydrogens (primary N) is 1. The second-order valence-corrected chi connectivity index (χ2v) is 7.04. The molecule has 5 N–H and O–H groups in total. The van der Waals surface area contributed by atoms with Gasteiger partial charge in [-0.1, -0.05) is 0 Å². The molecule has 27 heavy (non-hydrogen) atoms. The van der Waals surface area contributed by atoms with Gasteiger partial charge in [0.15, 0.2) is 0 Å². The van der Waals surface area contributed by atoms with Gasteiger partial charge in [0.2, 0.25) is 5.91 Å². The van der Waals surface area contributed by atoms with Crippen molar-refractivity contribution in [2.24, 2.45) is 11.7 Å². The van der Waals surface area contributed by atoms with E-state index >= 15 is 0 Å². The standard InChI is InChI=1S/C19H20N6O2/c20-19(26)17(10-1-2-10)24-12-7-13-15-14(8-12)27-6-5-21-18(15)16(25-13)11-3-4-22-23-9-11/h3-4,7-10,17,21,24-25H,1-2,5-6H2,(H2,20,26)/t17-/m0/s1. The Morgan fingerprint density at radius 3 is 2.96 bits per heavy atom. The summed E-state index contributed by atoms with van der Waals surface area (Å²) in [5.74, 6) is 0.776. The maximum Gasteiger partial charge on any atom is 0.240 e. The van der Waals surface area contributed by atoms with Gasteiger partial charge in [-0.15, -0.1) is 0 Å². The molecule has 2 aromatic heterocycles. The van der Waals surface area contributed by atoms with Gasteiger partial charge in [-0.25, -0.2) is 0 Å². The van der Waals surface area contributed by atoms with Crippen LogP contribution in [0.5, 0.6) is 5.75 Å². The molecule has 2 aliphatic rings. The Morgan fingerprint density at radius 2 is 2.22 bits per heavy atom. The third-order valence-corrected chi connectivity index (χ3v) is 5.12. The average Bonchev–Trinajstić information content (AvgIpc) is 3.47. The Kier molecular flexibility index (Phi) is 3.63. The molecule has 1 aliphatic heterocycles. The number of aromatic nitrogens is 3. The van der Waals surface area contributed by atoms with Gasteiger partial charge in [-0.3, -0.25) is 4.79 Å². The van der Waals surface area contributed by atoms with Crippen molar-refractivity contribution in [3.05, 3.63) is 30.6 Å². The molecule has 1 aromatic carbocycles. The van der Waals surface area contributed by atoms with E-state index in [-0.39, 0.29) is 11.9 Å². The zero-order valence-corrected chi connectivity index (χ0v) is 14.7. The lowest BCUT2D eigenvalue weighted by Gasteiger charge is -2.17. The first-order chi connectivity index (χ1) is 13.2. The molecular weight excluding hydrogens is 344 g/mol. The van der Waals surface area contributed by atoms with Gasteiger partial charge in [-0.05, 0) is 30.9 Å². The number of hydrogen-bond donors (Lipinski definition) is 4. The van der Waals surface area contributed by atoms with Crippen LogP contribution in [0.15, 0.2) is 30.6 Å². The number of hydrogen-bond acceptors (Lipinski definition) is 6. The summed E-state index contributed by atoms with van der Waals surface area (Å²) in [7, 11) is 0. The van der Waals surface area contributed by atoms with Crippen LogP contribution in [0, 0.1) is 5.92 Å². The van der Waals surface area contributed by atoms with Crippen LogP contribution in [0.2, 0.25) is 0 Å². The topological polar surface area (TPSA) is 118 Å². The van der Waals surface area contributed by atoms with Crippen molar-refractivity contribution in [2.45, 2.75) is 18.9 Å². The third-order valence-electron chi connectivity index (χ3n) is 5.12. The van der Waals surface area contributed by atoms with Crippen molar-refractivity contribution in [2.75, 3.05) is 23.8 Å². The summed E-state index contributed by atoms with van der Waals surface area (Å²) in [4.78, 5) is 15.3. The molecule has 1 fully saturated rings. The Morgan fingerprint density at radius 1 is 1.33 bits per heavy atom. The molecule has 3 heterocycles. The number of primary amides is 1. The summed E-state index contributed by atoms with van der Waals surface area (Å²) in [6, 6.07) is 5.50. The number of aromatic amines is 1. The number of benzene rings is 1. The summed E-state index contributed by atoms with van der Waals surface area (Å²) in [5, 5.41) is 15.6. The maximum absolute atomic E-state index is 11.8. The van der Waals surface area contributed by atoms with Crippen molar-refractivity contribution in [1.29, 1.82) is 0 Å². The van der Waals surface area contributed by atoms with Crippen LogP contribution in [0.1, 0.15) is 12.8 Å². The Labute approximate surface area is 155 Å². The second-order valence-electron chi connectivity index (χ2n) is 7.04. The monoisotopic (exact) mass is 364 g/mol. The third kappa shape index (κ3) is 2.83. The molecule has 8 heteroatoms. The first-order valence-corrected chi connectivity index (χ1v) is 9.10. The number of carbonyl (C=O) groups is 1. The van der Waals surface area contributed by atoms with E-state index in [1.54, 1.807) is 12.4 Å². The van der Waals surface area contributed by atoms with Crippen molar-refractivity contribution in [1.82, 2.24) is 15.2 Å². The van der Waals surface area contributed by atoms with Gasteiger partial charge in [0, 0.05) is 23.9 Å². The van der Waals surface area contributed by atoms with E-state index in [0.29, 0.717) is 19.1 Å². The number of H-pyrrole nitrogens is 1.